The van der Waals surface area contributed by atoms with Crippen LogP contribution in [0.25, 0.3) is 0 Å². The monoisotopic (exact) mass is 787 g/mol. The van der Waals surface area contributed by atoms with Crippen molar-refractivity contribution in [2.45, 2.75) is 71.4 Å². The van der Waals surface area contributed by atoms with Crippen molar-refractivity contribution in [2.24, 2.45) is 11.8 Å². The molecule has 6 rings (SSSR count). The largest absolute Gasteiger partial charge is 1.00 e. The number of likely N-dealkylation sites (tertiary alicyclic amines) is 3. The van der Waals surface area contributed by atoms with E-state index in [4.69, 9.17) is 27.9 Å². The molecule has 0 saturated carbocycles. The van der Waals surface area contributed by atoms with E-state index in [1.807, 2.05) is 29.2 Å². The predicted octanol–water partition coefficient (Wildman–Crippen LogP) is 0.762. The van der Waals surface area contributed by atoms with Gasteiger partial charge in [-0.2, -0.15) is 0 Å². The smallest absolute Gasteiger partial charge is 0.550 e. The van der Waals surface area contributed by atoms with Crippen molar-refractivity contribution < 1.29 is 48.3 Å². The molecule has 290 valence electrons. The molecule has 1 aromatic carbocycles. The van der Waals surface area contributed by atoms with E-state index in [0.717, 1.165) is 76.1 Å². The molecule has 18 heteroatoms. The van der Waals surface area contributed by atoms with Crippen molar-refractivity contribution in [3.63, 3.8) is 0 Å². The number of carboxylic acid groups (broad SMARTS) is 1. The number of nitrogens with one attached hydrogen (secondary N) is 2. The zero-order chi connectivity index (χ0) is 38.6. The molecule has 0 bridgehead atoms. The molecule has 3 fully saturated rings. The van der Waals surface area contributed by atoms with Crippen LogP contribution in [0.1, 0.15) is 49.7 Å². The summed E-state index contributed by atoms with van der Waals surface area (Å²) in [4.78, 5) is 38.9. The Balaban J connectivity index is 0.000000274. The molecule has 0 atom stereocenters. The summed E-state index contributed by atoms with van der Waals surface area (Å²) in [5.41, 5.74) is 2.24. The average molecular weight is 788 g/mol. The van der Waals surface area contributed by atoms with Gasteiger partial charge in [-0.05, 0) is 119 Å². The molecule has 3 aliphatic rings. The van der Waals surface area contributed by atoms with Gasteiger partial charge < -0.3 is 40.0 Å². The second-order valence-electron chi connectivity index (χ2n) is 14.4. The van der Waals surface area contributed by atoms with E-state index in [1.165, 1.54) is 0 Å². The number of hydrogen-bond donors (Lipinski definition) is 4. The quantitative estimate of drug-likeness (QED) is 0.191. The molecule has 4 N–H and O–H groups in total. The third-order valence-corrected chi connectivity index (χ3v) is 10.4. The van der Waals surface area contributed by atoms with Gasteiger partial charge in [0.25, 0.3) is 0 Å². The van der Waals surface area contributed by atoms with E-state index in [0.29, 0.717) is 53.4 Å². The molecule has 0 aliphatic carbocycles. The van der Waals surface area contributed by atoms with Crippen LogP contribution in [0.5, 0.6) is 5.75 Å². The maximum absolute atomic E-state index is 13.1. The molecule has 0 radical (unpaired) electrons. The Morgan fingerprint density at radius 3 is 1.65 bits per heavy atom. The number of carboxylic acids is 1. The van der Waals surface area contributed by atoms with Gasteiger partial charge in [0.2, 0.25) is 5.91 Å². The molecule has 3 aliphatic heterocycles. The first-order chi connectivity index (χ1) is 25.9. The third kappa shape index (κ3) is 14.8. The van der Waals surface area contributed by atoms with Crippen LogP contribution in [0.15, 0.2) is 54.9 Å². The molecule has 0 spiro atoms. The Kier molecular flexibility index (Phi) is 18.0. The number of ether oxygens (including phenoxy) is 1. The summed E-state index contributed by atoms with van der Waals surface area (Å²) in [7, 11) is -1.28. The van der Waals surface area contributed by atoms with Crippen LogP contribution < -0.4 is 39.2 Å². The maximum Gasteiger partial charge on any atom is 1.00 e. The maximum atomic E-state index is 13.1. The standard InChI is InChI=1S/C24H31BCl2N4O3.C13H20BN3O3.Li/c1-25(33)29-23-12-17(2-7-28-23)16-30-8-3-18(4-9-30)24(32)31-10-5-21(6-11-31)34-22-14-19(26)13-20(27)15-22;1-14(20)16-12-8-10(2-5-15-12)9-17-6-3-11(4-7-17)13(18)19;/h2,7,12-15,18,21,33H,3-6,8-11,16H2,1H3,(H,28,29);2,5,8,11,20H,3-4,6-7,9H2,1H3,(H,15,16)(H,18,19);/q;;+1/p-1. The second-order valence-corrected chi connectivity index (χ2v) is 15.3. The Labute approximate surface area is 347 Å². The minimum Gasteiger partial charge on any atom is -0.550 e. The van der Waals surface area contributed by atoms with E-state index in [-0.39, 0.29) is 42.7 Å². The Morgan fingerprint density at radius 2 is 1.22 bits per heavy atom. The molecule has 2 aromatic heterocycles. The van der Waals surface area contributed by atoms with Crippen LogP contribution in [-0.2, 0) is 22.7 Å². The molecule has 13 nitrogen and oxygen atoms in total. The number of pyridine rings is 2. The van der Waals surface area contributed by atoms with Crippen molar-refractivity contribution >= 4 is 60.8 Å². The van der Waals surface area contributed by atoms with Crippen LogP contribution in [0.3, 0.4) is 0 Å². The third-order valence-electron chi connectivity index (χ3n) is 9.92. The number of rotatable bonds is 12. The van der Waals surface area contributed by atoms with Crippen molar-refractivity contribution in [2.75, 3.05) is 49.7 Å². The number of hydrogen-bond acceptors (Lipinski definition) is 12. The fraction of sp³-hybridized carbons (Fsp3) is 0.514. The van der Waals surface area contributed by atoms with Crippen LogP contribution >= 0.6 is 23.2 Å². The van der Waals surface area contributed by atoms with E-state index < -0.39 is 20.1 Å². The minimum absolute atomic E-state index is 0. The number of nitrogens with zero attached hydrogens (tertiary/aromatic N) is 5. The SMILES string of the molecule is CB(O)Nc1cc(CN2CCC(C(=O)N3CCC(Oc4cc(Cl)cc(Cl)c4)CC3)CC2)ccn1.CB(O)Nc1cc(CN2CCC(C(=O)[O-])CC2)ccn1.[Li+]. The zero-order valence-corrected chi connectivity index (χ0v) is 33.5. The van der Waals surface area contributed by atoms with Crippen molar-refractivity contribution in [3.8, 4) is 5.75 Å². The van der Waals surface area contributed by atoms with Gasteiger partial charge in [0.05, 0.1) is 0 Å². The molecule has 3 aromatic rings. The van der Waals surface area contributed by atoms with Crippen LogP contribution in [0, 0.1) is 11.8 Å². The van der Waals surface area contributed by atoms with Gasteiger partial charge in [-0.25, -0.2) is 9.97 Å². The summed E-state index contributed by atoms with van der Waals surface area (Å²) in [5, 5.41) is 36.4. The van der Waals surface area contributed by atoms with Crippen molar-refractivity contribution in [1.29, 1.82) is 0 Å². The Bertz CT molecular complexity index is 1660. The Morgan fingerprint density at radius 1 is 0.764 bits per heavy atom. The number of carbonyl (C=O) groups is 2. The number of piperidine rings is 3. The normalized spacial score (nSPS) is 17.3. The fourth-order valence-corrected chi connectivity index (χ4v) is 7.66. The average Bonchev–Trinajstić information content (AvgIpc) is 3.12. The summed E-state index contributed by atoms with van der Waals surface area (Å²) in [5.74, 6) is 1.11. The number of carbonyl (C=O) groups excluding carboxylic acids is 2. The van der Waals surface area contributed by atoms with Gasteiger partial charge in [-0.15, -0.1) is 0 Å². The van der Waals surface area contributed by atoms with E-state index in [9.17, 15) is 24.7 Å². The Hall–Kier alpha value is -2.99. The molecule has 1 amide bonds. The summed E-state index contributed by atoms with van der Waals surface area (Å²) in [6.45, 7) is 9.63. The van der Waals surface area contributed by atoms with Gasteiger partial charge in [-0.3, -0.25) is 14.6 Å². The van der Waals surface area contributed by atoms with Crippen LogP contribution in [-0.4, -0.2) is 106 Å². The number of benzene rings is 1. The van der Waals surface area contributed by atoms with Gasteiger partial charge in [-0.1, -0.05) is 23.2 Å². The van der Waals surface area contributed by atoms with Crippen LogP contribution in [0.4, 0.5) is 11.6 Å². The van der Waals surface area contributed by atoms with Gasteiger partial charge in [0.1, 0.15) is 23.5 Å². The second kappa shape index (κ2) is 22.1. The zero-order valence-electron chi connectivity index (χ0n) is 32.0. The molecule has 0 unspecified atom stereocenters. The van der Waals surface area contributed by atoms with Crippen molar-refractivity contribution in [1.82, 2.24) is 24.7 Å². The first kappa shape index (κ1) is 44.7. The number of anilines is 2. The number of aliphatic carboxylic acids is 1. The molecule has 55 heavy (non-hydrogen) atoms. The van der Waals surface area contributed by atoms with Gasteiger partial charge in [0, 0.05) is 79.3 Å². The predicted molar refractivity (Wildman–Crippen MR) is 211 cm³/mol. The van der Waals surface area contributed by atoms with E-state index in [1.54, 1.807) is 44.2 Å². The van der Waals surface area contributed by atoms with Gasteiger partial charge in [0.15, 0.2) is 0 Å². The van der Waals surface area contributed by atoms with Gasteiger partial charge >= 0.3 is 33.0 Å². The molecular formula is C37H50B2Cl2LiN7O6. The van der Waals surface area contributed by atoms with Crippen molar-refractivity contribution in [3.05, 3.63) is 76.0 Å². The first-order valence-corrected chi connectivity index (χ1v) is 19.5. The summed E-state index contributed by atoms with van der Waals surface area (Å²) in [6.07, 6.45) is 8.17. The minimum atomic E-state index is -0.933. The summed E-state index contributed by atoms with van der Waals surface area (Å²) < 4.78 is 6.05. The van der Waals surface area contributed by atoms with E-state index in [2.05, 4.69) is 30.2 Å². The summed E-state index contributed by atoms with van der Waals surface area (Å²) >= 11 is 12.1. The molecular weight excluding hydrogens is 738 g/mol. The fourth-order valence-electron chi connectivity index (χ4n) is 7.15. The van der Waals surface area contributed by atoms with E-state index >= 15 is 0 Å². The number of amides is 1. The molecule has 5 heterocycles. The topological polar surface area (TPSA) is 166 Å². The summed E-state index contributed by atoms with van der Waals surface area (Å²) in [6, 6.07) is 13.0. The molecule has 3 saturated heterocycles. The number of halogens is 2. The van der Waals surface area contributed by atoms with Crippen LogP contribution in [0.2, 0.25) is 23.7 Å². The number of aromatic nitrogens is 2. The first-order valence-electron chi connectivity index (χ1n) is 18.8.